The van der Waals surface area contributed by atoms with E-state index in [9.17, 15) is 4.79 Å². The van der Waals surface area contributed by atoms with Gasteiger partial charge in [0.1, 0.15) is 0 Å². The second-order valence-corrected chi connectivity index (χ2v) is 7.42. The highest BCUT2D eigenvalue weighted by Crippen LogP contribution is 2.25. The van der Waals surface area contributed by atoms with Crippen LogP contribution in [0.4, 0.5) is 0 Å². The Morgan fingerprint density at radius 2 is 1.79 bits per heavy atom. The van der Waals surface area contributed by atoms with Gasteiger partial charge in [-0.1, -0.05) is 34.6 Å². The standard InChI is InChI=1S/C16H32N2O/c1-12(2)6-7-14(16(3,4)5)18-15(19)13-8-10-17-11-9-13/h12-14,17H,6-11H2,1-5H3,(H,18,19). The first-order valence-electron chi connectivity index (χ1n) is 7.81. The van der Waals surface area contributed by atoms with E-state index in [1.54, 1.807) is 0 Å². The average molecular weight is 268 g/mol. The van der Waals surface area contributed by atoms with Gasteiger partial charge in [-0.25, -0.2) is 0 Å². The monoisotopic (exact) mass is 268 g/mol. The number of hydrogen-bond acceptors (Lipinski definition) is 2. The van der Waals surface area contributed by atoms with Crippen LogP contribution in [0.1, 0.15) is 60.3 Å². The molecule has 0 spiro atoms. The number of carbonyl (C=O) groups is 1. The predicted octanol–water partition coefficient (Wildman–Crippen LogP) is 2.95. The van der Waals surface area contributed by atoms with E-state index in [2.05, 4.69) is 45.3 Å². The molecule has 3 heteroatoms. The molecule has 0 aromatic carbocycles. The van der Waals surface area contributed by atoms with Crippen molar-refractivity contribution in [3.63, 3.8) is 0 Å². The smallest absolute Gasteiger partial charge is 0.223 e. The Morgan fingerprint density at radius 3 is 2.26 bits per heavy atom. The van der Waals surface area contributed by atoms with Crippen molar-refractivity contribution in [1.29, 1.82) is 0 Å². The molecule has 1 saturated heterocycles. The molecular formula is C16H32N2O. The molecule has 1 atom stereocenters. The molecule has 1 aliphatic heterocycles. The van der Waals surface area contributed by atoms with Crippen molar-refractivity contribution in [3.8, 4) is 0 Å². The lowest BCUT2D eigenvalue weighted by atomic mass is 9.82. The van der Waals surface area contributed by atoms with Crippen molar-refractivity contribution in [2.45, 2.75) is 66.3 Å². The van der Waals surface area contributed by atoms with Crippen molar-refractivity contribution < 1.29 is 4.79 Å². The third-order valence-corrected chi connectivity index (χ3v) is 4.10. The van der Waals surface area contributed by atoms with Crippen LogP contribution in [0.5, 0.6) is 0 Å². The quantitative estimate of drug-likeness (QED) is 0.805. The predicted molar refractivity (Wildman–Crippen MR) is 81.1 cm³/mol. The maximum Gasteiger partial charge on any atom is 0.223 e. The Morgan fingerprint density at radius 1 is 1.21 bits per heavy atom. The number of amides is 1. The highest BCUT2D eigenvalue weighted by Gasteiger charge is 2.29. The van der Waals surface area contributed by atoms with Gasteiger partial charge >= 0.3 is 0 Å². The molecule has 1 unspecified atom stereocenters. The van der Waals surface area contributed by atoms with Crippen LogP contribution in [0.25, 0.3) is 0 Å². The summed E-state index contributed by atoms with van der Waals surface area (Å²) in [7, 11) is 0. The molecule has 2 N–H and O–H groups in total. The zero-order valence-corrected chi connectivity index (χ0v) is 13.4. The van der Waals surface area contributed by atoms with Crippen LogP contribution < -0.4 is 10.6 Å². The van der Waals surface area contributed by atoms with Crippen LogP contribution in [0.2, 0.25) is 0 Å². The van der Waals surface area contributed by atoms with Gasteiger partial charge in [0.2, 0.25) is 5.91 Å². The van der Waals surface area contributed by atoms with E-state index >= 15 is 0 Å². The van der Waals surface area contributed by atoms with Crippen molar-refractivity contribution in [2.75, 3.05) is 13.1 Å². The van der Waals surface area contributed by atoms with Crippen molar-refractivity contribution in [1.82, 2.24) is 10.6 Å². The fourth-order valence-corrected chi connectivity index (χ4v) is 2.60. The van der Waals surface area contributed by atoms with Gasteiger partial charge in [-0.05, 0) is 50.1 Å². The summed E-state index contributed by atoms with van der Waals surface area (Å²) in [5.41, 5.74) is 0.136. The summed E-state index contributed by atoms with van der Waals surface area (Å²) in [5, 5.41) is 6.63. The largest absolute Gasteiger partial charge is 0.353 e. The summed E-state index contributed by atoms with van der Waals surface area (Å²) >= 11 is 0. The van der Waals surface area contributed by atoms with Crippen LogP contribution in [0.15, 0.2) is 0 Å². The maximum absolute atomic E-state index is 12.4. The lowest BCUT2D eigenvalue weighted by Crippen LogP contribution is -2.47. The molecule has 1 aliphatic rings. The zero-order chi connectivity index (χ0) is 14.5. The Bertz CT molecular complexity index is 275. The van der Waals surface area contributed by atoms with E-state index in [4.69, 9.17) is 0 Å². The van der Waals surface area contributed by atoms with E-state index in [0.29, 0.717) is 5.92 Å². The highest BCUT2D eigenvalue weighted by molar-refractivity contribution is 5.79. The number of rotatable bonds is 5. The van der Waals surface area contributed by atoms with E-state index in [1.165, 1.54) is 6.42 Å². The van der Waals surface area contributed by atoms with Crippen molar-refractivity contribution in [2.24, 2.45) is 17.3 Å². The second kappa shape index (κ2) is 7.28. The zero-order valence-electron chi connectivity index (χ0n) is 13.4. The maximum atomic E-state index is 12.4. The normalized spacial score (nSPS) is 19.5. The van der Waals surface area contributed by atoms with Crippen LogP contribution >= 0.6 is 0 Å². The van der Waals surface area contributed by atoms with Gasteiger partial charge in [0.05, 0.1) is 0 Å². The minimum Gasteiger partial charge on any atom is -0.353 e. The minimum absolute atomic E-state index is 0.136. The molecule has 1 fully saturated rings. The molecule has 1 heterocycles. The molecule has 1 amide bonds. The Labute approximate surface area is 118 Å². The second-order valence-electron chi connectivity index (χ2n) is 7.42. The first-order valence-corrected chi connectivity index (χ1v) is 7.81. The highest BCUT2D eigenvalue weighted by atomic mass is 16.1. The number of carbonyl (C=O) groups excluding carboxylic acids is 1. The molecule has 3 nitrogen and oxygen atoms in total. The van der Waals surface area contributed by atoms with Crippen LogP contribution in [0, 0.1) is 17.3 Å². The summed E-state index contributed by atoms with van der Waals surface area (Å²) in [6.45, 7) is 13.1. The third-order valence-electron chi connectivity index (χ3n) is 4.10. The molecule has 0 radical (unpaired) electrons. The molecule has 19 heavy (non-hydrogen) atoms. The van der Waals surface area contributed by atoms with Gasteiger partial charge in [-0.3, -0.25) is 4.79 Å². The fraction of sp³-hybridized carbons (Fsp3) is 0.938. The van der Waals surface area contributed by atoms with E-state index in [0.717, 1.165) is 32.4 Å². The molecule has 0 aromatic heterocycles. The topological polar surface area (TPSA) is 41.1 Å². The van der Waals surface area contributed by atoms with Gasteiger partial charge in [-0.15, -0.1) is 0 Å². The van der Waals surface area contributed by atoms with Crippen molar-refractivity contribution >= 4 is 5.91 Å². The summed E-state index contributed by atoms with van der Waals surface area (Å²) in [6, 6.07) is 0.289. The van der Waals surface area contributed by atoms with Gasteiger partial charge < -0.3 is 10.6 Å². The molecular weight excluding hydrogens is 236 g/mol. The summed E-state index contributed by atoms with van der Waals surface area (Å²) in [5.74, 6) is 1.18. The summed E-state index contributed by atoms with van der Waals surface area (Å²) < 4.78 is 0. The third kappa shape index (κ3) is 5.94. The SMILES string of the molecule is CC(C)CCC(NC(=O)C1CCNCC1)C(C)(C)C. The Balaban J connectivity index is 2.53. The van der Waals surface area contributed by atoms with Crippen molar-refractivity contribution in [3.05, 3.63) is 0 Å². The number of piperidine rings is 1. The Kier molecular flexibility index (Phi) is 6.31. The van der Waals surface area contributed by atoms with Crippen LogP contribution in [0.3, 0.4) is 0 Å². The van der Waals surface area contributed by atoms with Gasteiger partial charge in [0, 0.05) is 12.0 Å². The lowest BCUT2D eigenvalue weighted by Gasteiger charge is -2.34. The molecule has 0 bridgehead atoms. The fourth-order valence-electron chi connectivity index (χ4n) is 2.60. The first kappa shape index (κ1) is 16.5. The number of hydrogen-bond donors (Lipinski definition) is 2. The Hall–Kier alpha value is -0.570. The van der Waals surface area contributed by atoms with E-state index in [-0.39, 0.29) is 23.3 Å². The summed E-state index contributed by atoms with van der Waals surface area (Å²) in [6.07, 6.45) is 4.21. The molecule has 0 aliphatic carbocycles. The van der Waals surface area contributed by atoms with Gasteiger partial charge in [0.25, 0.3) is 0 Å². The molecule has 0 aromatic rings. The van der Waals surface area contributed by atoms with Crippen LogP contribution in [-0.4, -0.2) is 25.0 Å². The first-order chi connectivity index (χ1) is 8.80. The lowest BCUT2D eigenvalue weighted by molar-refractivity contribution is -0.127. The van der Waals surface area contributed by atoms with E-state index in [1.807, 2.05) is 0 Å². The number of nitrogens with one attached hydrogen (secondary N) is 2. The molecule has 0 saturated carbocycles. The molecule has 112 valence electrons. The average Bonchev–Trinajstić information content (AvgIpc) is 2.33. The summed E-state index contributed by atoms with van der Waals surface area (Å²) in [4.78, 5) is 12.4. The molecule has 1 rings (SSSR count). The van der Waals surface area contributed by atoms with E-state index < -0.39 is 0 Å². The minimum atomic E-state index is 0.136. The van der Waals surface area contributed by atoms with Gasteiger partial charge in [-0.2, -0.15) is 0 Å². The van der Waals surface area contributed by atoms with Crippen LogP contribution in [-0.2, 0) is 4.79 Å². The van der Waals surface area contributed by atoms with Gasteiger partial charge in [0.15, 0.2) is 0 Å².